The van der Waals surface area contributed by atoms with E-state index in [0.29, 0.717) is 5.69 Å². The normalized spacial score (nSPS) is 11.3. The molecule has 2 aromatic rings. The van der Waals surface area contributed by atoms with E-state index in [4.69, 9.17) is 33.5 Å². The topological polar surface area (TPSA) is 118 Å². The van der Waals surface area contributed by atoms with Crippen molar-refractivity contribution in [3.05, 3.63) is 34.6 Å². The summed E-state index contributed by atoms with van der Waals surface area (Å²) in [6.07, 6.45) is 0. The second kappa shape index (κ2) is 5.41. The molecule has 0 fully saturated rings. The van der Waals surface area contributed by atoms with E-state index >= 15 is 0 Å². The number of nitrogen functional groups attached to an aromatic ring is 1. The summed E-state index contributed by atoms with van der Waals surface area (Å²) in [5.41, 5.74) is 5.84. The fourth-order valence-corrected chi connectivity index (χ4v) is 2.46. The molecule has 0 aliphatic carbocycles. The smallest absolute Gasteiger partial charge is 0.296 e. The molecule has 0 amide bonds. The first-order valence-corrected chi connectivity index (χ1v) is 7.29. The number of benzene rings is 1. The molecule has 0 unspecified atom stereocenters. The molecule has 1 aromatic carbocycles. The van der Waals surface area contributed by atoms with Gasteiger partial charge in [-0.3, -0.25) is 4.55 Å². The van der Waals surface area contributed by atoms with Crippen molar-refractivity contribution in [2.75, 3.05) is 11.1 Å². The van der Waals surface area contributed by atoms with Crippen molar-refractivity contribution in [3.8, 4) is 0 Å². The number of nitrogens with one attached hydrogen (secondary N) is 1. The van der Waals surface area contributed by atoms with Crippen molar-refractivity contribution < 1.29 is 13.0 Å². The predicted molar refractivity (Wildman–Crippen MR) is 76.0 cm³/mol. The molecular weight excluding hydrogens is 327 g/mol. The average Bonchev–Trinajstić information content (AvgIpc) is 2.25. The molecule has 0 bridgehead atoms. The lowest BCUT2D eigenvalue weighted by atomic mass is 10.3. The van der Waals surface area contributed by atoms with Gasteiger partial charge in [0.25, 0.3) is 10.1 Å². The molecule has 0 saturated heterocycles. The van der Waals surface area contributed by atoms with E-state index in [0.717, 1.165) is 6.07 Å². The molecule has 0 saturated carbocycles. The van der Waals surface area contributed by atoms with Crippen molar-refractivity contribution in [2.45, 2.75) is 4.90 Å². The highest BCUT2D eigenvalue weighted by Gasteiger charge is 2.14. The minimum atomic E-state index is -4.36. The minimum absolute atomic E-state index is 0.120. The summed E-state index contributed by atoms with van der Waals surface area (Å²) in [5.74, 6) is 0.126. The fourth-order valence-electron chi connectivity index (χ4n) is 1.44. The SMILES string of the molecule is Nc1cc(Nc2nc(Cl)cc(Cl)n2)ccc1S(=O)(=O)O. The van der Waals surface area contributed by atoms with E-state index < -0.39 is 10.1 Å². The van der Waals surface area contributed by atoms with Crippen LogP contribution in [0.1, 0.15) is 0 Å². The van der Waals surface area contributed by atoms with Gasteiger partial charge in [0.2, 0.25) is 5.95 Å². The standard InChI is InChI=1S/C10H8Cl2N4O3S/c11-8-4-9(12)16-10(15-8)14-5-1-2-7(6(13)3-5)20(17,18)19/h1-4H,13H2,(H,14,15,16)(H,17,18,19). The maximum absolute atomic E-state index is 11.0. The second-order valence-corrected chi connectivity index (χ2v) is 5.85. The first-order valence-electron chi connectivity index (χ1n) is 5.10. The third kappa shape index (κ3) is 3.48. The molecule has 2 rings (SSSR count). The van der Waals surface area contributed by atoms with E-state index in [2.05, 4.69) is 15.3 Å². The molecule has 4 N–H and O–H groups in total. The molecule has 1 heterocycles. The molecule has 20 heavy (non-hydrogen) atoms. The van der Waals surface area contributed by atoms with Crippen LogP contribution in [0.15, 0.2) is 29.2 Å². The van der Waals surface area contributed by atoms with Crippen molar-refractivity contribution in [1.29, 1.82) is 0 Å². The van der Waals surface area contributed by atoms with Crippen LogP contribution in [0.5, 0.6) is 0 Å². The first-order chi connectivity index (χ1) is 9.25. The van der Waals surface area contributed by atoms with Gasteiger partial charge in [-0.05, 0) is 18.2 Å². The van der Waals surface area contributed by atoms with E-state index in [-0.39, 0.29) is 26.8 Å². The molecular formula is C10H8Cl2N4O3S. The van der Waals surface area contributed by atoms with E-state index in [1.807, 2.05) is 0 Å². The van der Waals surface area contributed by atoms with Gasteiger partial charge in [-0.2, -0.15) is 8.42 Å². The van der Waals surface area contributed by atoms with Crippen molar-refractivity contribution in [2.24, 2.45) is 0 Å². The molecule has 0 aliphatic rings. The Balaban J connectivity index is 2.33. The summed E-state index contributed by atoms with van der Waals surface area (Å²) in [6, 6.07) is 5.21. The van der Waals surface area contributed by atoms with Crippen LogP contribution in [-0.4, -0.2) is 22.9 Å². The Hall–Kier alpha value is -1.61. The summed E-state index contributed by atoms with van der Waals surface area (Å²) in [7, 11) is -4.36. The number of hydrogen-bond acceptors (Lipinski definition) is 6. The Morgan fingerprint density at radius 2 is 1.75 bits per heavy atom. The summed E-state index contributed by atoms with van der Waals surface area (Å²) >= 11 is 11.4. The van der Waals surface area contributed by atoms with Crippen LogP contribution in [0.3, 0.4) is 0 Å². The molecule has 106 valence electrons. The lowest BCUT2D eigenvalue weighted by molar-refractivity contribution is 0.483. The van der Waals surface area contributed by atoms with Crippen LogP contribution in [0.2, 0.25) is 10.3 Å². The number of nitrogens with zero attached hydrogens (tertiary/aromatic N) is 2. The van der Waals surface area contributed by atoms with E-state index in [9.17, 15) is 8.42 Å². The van der Waals surface area contributed by atoms with Crippen LogP contribution >= 0.6 is 23.2 Å². The van der Waals surface area contributed by atoms with Crippen LogP contribution < -0.4 is 11.1 Å². The summed E-state index contributed by atoms with van der Waals surface area (Å²) in [5, 5.41) is 3.05. The predicted octanol–water partition coefficient (Wildman–Crippen LogP) is 2.36. The monoisotopic (exact) mass is 334 g/mol. The van der Waals surface area contributed by atoms with Gasteiger partial charge >= 0.3 is 0 Å². The molecule has 7 nitrogen and oxygen atoms in total. The zero-order chi connectivity index (χ0) is 14.9. The Bertz CT molecular complexity index is 747. The van der Waals surface area contributed by atoms with Crippen molar-refractivity contribution >= 4 is 50.6 Å². The number of rotatable bonds is 3. The summed E-state index contributed by atoms with van der Waals surface area (Å²) in [6.45, 7) is 0. The molecule has 1 aromatic heterocycles. The van der Waals surface area contributed by atoms with E-state index in [1.165, 1.54) is 18.2 Å². The zero-order valence-electron chi connectivity index (χ0n) is 9.71. The molecule has 0 aliphatic heterocycles. The molecule has 0 radical (unpaired) electrons. The largest absolute Gasteiger partial charge is 0.398 e. The Kier molecular flexibility index (Phi) is 4.00. The molecule has 0 spiro atoms. The third-order valence-electron chi connectivity index (χ3n) is 2.21. The Labute approximate surface area is 124 Å². The Morgan fingerprint density at radius 1 is 1.15 bits per heavy atom. The van der Waals surface area contributed by atoms with E-state index in [1.54, 1.807) is 0 Å². The second-order valence-electron chi connectivity index (χ2n) is 3.69. The van der Waals surface area contributed by atoms with Crippen LogP contribution in [0.25, 0.3) is 0 Å². The van der Waals surface area contributed by atoms with Gasteiger partial charge in [-0.1, -0.05) is 23.2 Å². The maximum atomic E-state index is 11.0. The van der Waals surface area contributed by atoms with Gasteiger partial charge in [-0.15, -0.1) is 0 Å². The van der Waals surface area contributed by atoms with Crippen LogP contribution in [0, 0.1) is 0 Å². The van der Waals surface area contributed by atoms with Gasteiger partial charge < -0.3 is 11.1 Å². The average molecular weight is 335 g/mol. The number of anilines is 3. The van der Waals surface area contributed by atoms with Crippen LogP contribution in [-0.2, 0) is 10.1 Å². The lowest BCUT2D eigenvalue weighted by Crippen LogP contribution is -2.04. The molecule has 0 atom stereocenters. The summed E-state index contributed by atoms with van der Waals surface area (Å²) < 4.78 is 31.0. The van der Waals surface area contributed by atoms with Crippen LogP contribution in [0.4, 0.5) is 17.3 Å². The van der Waals surface area contributed by atoms with Gasteiger partial charge in [0.1, 0.15) is 15.2 Å². The number of nitrogens with two attached hydrogens (primary N) is 1. The van der Waals surface area contributed by atoms with Gasteiger partial charge in [0.15, 0.2) is 0 Å². The number of aromatic nitrogens is 2. The van der Waals surface area contributed by atoms with Gasteiger partial charge in [0, 0.05) is 11.8 Å². The number of halogens is 2. The fraction of sp³-hybridized carbons (Fsp3) is 0. The lowest BCUT2D eigenvalue weighted by Gasteiger charge is -2.08. The van der Waals surface area contributed by atoms with Crippen molar-refractivity contribution in [3.63, 3.8) is 0 Å². The van der Waals surface area contributed by atoms with Gasteiger partial charge in [0.05, 0.1) is 5.69 Å². The Morgan fingerprint density at radius 3 is 2.25 bits per heavy atom. The highest BCUT2D eigenvalue weighted by molar-refractivity contribution is 7.86. The maximum Gasteiger partial charge on any atom is 0.296 e. The highest BCUT2D eigenvalue weighted by Crippen LogP contribution is 2.24. The van der Waals surface area contributed by atoms with Crippen molar-refractivity contribution in [1.82, 2.24) is 9.97 Å². The quantitative estimate of drug-likeness (QED) is 0.447. The minimum Gasteiger partial charge on any atom is -0.398 e. The van der Waals surface area contributed by atoms with Gasteiger partial charge in [-0.25, -0.2) is 9.97 Å². The summed E-state index contributed by atoms with van der Waals surface area (Å²) in [4.78, 5) is 7.38. The first kappa shape index (κ1) is 14.8. The zero-order valence-corrected chi connectivity index (χ0v) is 12.0. The highest BCUT2D eigenvalue weighted by atomic mass is 35.5. The number of hydrogen-bond donors (Lipinski definition) is 3. The third-order valence-corrected chi connectivity index (χ3v) is 3.52. The molecule has 10 heteroatoms.